The third-order valence-corrected chi connectivity index (χ3v) is 5.17. The van der Waals surface area contributed by atoms with Crippen LogP contribution in [0.25, 0.3) is 0 Å². The van der Waals surface area contributed by atoms with E-state index in [2.05, 4.69) is 0 Å². The van der Waals surface area contributed by atoms with Gasteiger partial charge in [-0.2, -0.15) is 0 Å². The Hall–Kier alpha value is -1.27. The fourth-order valence-corrected chi connectivity index (χ4v) is 3.83. The number of nitro groups is 1. The molecule has 1 heterocycles. The first-order chi connectivity index (χ1) is 8.96. The van der Waals surface area contributed by atoms with Gasteiger partial charge in [-0.05, 0) is 24.7 Å². The van der Waals surface area contributed by atoms with Gasteiger partial charge in [0.25, 0.3) is 5.69 Å². The van der Waals surface area contributed by atoms with Crippen molar-refractivity contribution in [1.29, 1.82) is 0 Å². The van der Waals surface area contributed by atoms with Gasteiger partial charge in [0.05, 0.1) is 15.5 Å². The number of carboxylic acid groups (broad SMARTS) is 1. The van der Waals surface area contributed by atoms with Gasteiger partial charge in [0.1, 0.15) is 4.75 Å². The van der Waals surface area contributed by atoms with Gasteiger partial charge >= 0.3 is 5.97 Å². The van der Waals surface area contributed by atoms with E-state index in [1.54, 1.807) is 6.07 Å². The van der Waals surface area contributed by atoms with Gasteiger partial charge in [-0.3, -0.25) is 14.9 Å². The number of benzene rings is 1. The van der Waals surface area contributed by atoms with E-state index in [-0.39, 0.29) is 17.1 Å². The largest absolute Gasteiger partial charge is 0.480 e. The van der Waals surface area contributed by atoms with Gasteiger partial charge in [-0.25, -0.2) is 0 Å². The van der Waals surface area contributed by atoms with E-state index in [1.165, 1.54) is 23.9 Å². The minimum absolute atomic E-state index is 0.0863. The highest BCUT2D eigenvalue weighted by Crippen LogP contribution is 2.43. The molecule has 1 saturated heterocycles. The molecule has 1 aliphatic heterocycles. The van der Waals surface area contributed by atoms with E-state index in [9.17, 15) is 20.0 Å². The summed E-state index contributed by atoms with van der Waals surface area (Å²) in [6.45, 7) is 0. The molecule has 7 heteroatoms. The number of hydrogen-bond acceptors (Lipinski definition) is 4. The summed E-state index contributed by atoms with van der Waals surface area (Å²) >= 11 is 7.35. The van der Waals surface area contributed by atoms with E-state index >= 15 is 0 Å². The first kappa shape index (κ1) is 14.1. The maximum atomic E-state index is 11.5. The van der Waals surface area contributed by atoms with Crippen molar-refractivity contribution in [3.05, 3.63) is 38.9 Å². The molecule has 0 bridgehead atoms. The maximum Gasteiger partial charge on any atom is 0.320 e. The maximum absolute atomic E-state index is 11.5. The third-order valence-electron chi connectivity index (χ3n) is 3.25. The van der Waals surface area contributed by atoms with Crippen LogP contribution in [0.2, 0.25) is 5.02 Å². The fraction of sp³-hybridized carbons (Fsp3) is 0.417. The Bertz CT molecular complexity index is 528. The van der Waals surface area contributed by atoms with Crippen molar-refractivity contribution in [3.63, 3.8) is 0 Å². The second-order valence-corrected chi connectivity index (χ2v) is 6.31. The molecule has 0 saturated carbocycles. The van der Waals surface area contributed by atoms with Gasteiger partial charge in [0.2, 0.25) is 0 Å². The highest BCUT2D eigenvalue weighted by Gasteiger charge is 2.44. The predicted octanol–water partition coefficient (Wildman–Crippen LogP) is 3.14. The van der Waals surface area contributed by atoms with E-state index < -0.39 is 15.6 Å². The molecule has 1 fully saturated rings. The lowest BCUT2D eigenvalue weighted by atomic mass is 9.93. The number of carboxylic acids is 1. The summed E-state index contributed by atoms with van der Waals surface area (Å²) in [5.41, 5.74) is 0.201. The van der Waals surface area contributed by atoms with Crippen LogP contribution in [0.3, 0.4) is 0 Å². The number of halogens is 1. The summed E-state index contributed by atoms with van der Waals surface area (Å²) in [4.78, 5) is 22.0. The summed E-state index contributed by atoms with van der Waals surface area (Å²) in [7, 11) is 0. The molecule has 0 radical (unpaired) electrons. The average Bonchev–Trinajstić information content (AvgIpc) is 2.81. The number of nitrogens with zero attached hydrogens (tertiary/aromatic N) is 1. The monoisotopic (exact) mass is 301 g/mol. The molecule has 19 heavy (non-hydrogen) atoms. The van der Waals surface area contributed by atoms with Gasteiger partial charge in [-0.15, -0.1) is 11.8 Å². The Morgan fingerprint density at radius 3 is 2.84 bits per heavy atom. The zero-order chi connectivity index (χ0) is 14.0. The van der Waals surface area contributed by atoms with Crippen LogP contribution in [0, 0.1) is 10.1 Å². The summed E-state index contributed by atoms with van der Waals surface area (Å²) in [5.74, 6) is -0.172. The van der Waals surface area contributed by atoms with Crippen LogP contribution in [0.1, 0.15) is 18.4 Å². The molecule has 1 N–H and O–H groups in total. The fourth-order valence-electron chi connectivity index (χ4n) is 2.26. The molecule has 1 unspecified atom stereocenters. The predicted molar refractivity (Wildman–Crippen MR) is 73.9 cm³/mol. The Kier molecular flexibility index (Phi) is 4.01. The van der Waals surface area contributed by atoms with Crippen LogP contribution in [0.15, 0.2) is 18.2 Å². The van der Waals surface area contributed by atoms with E-state index in [1.807, 2.05) is 0 Å². The van der Waals surface area contributed by atoms with E-state index in [0.717, 1.165) is 12.2 Å². The number of thioether (sulfide) groups is 1. The molecule has 1 atom stereocenters. The van der Waals surface area contributed by atoms with Crippen molar-refractivity contribution in [2.45, 2.75) is 24.0 Å². The molecule has 0 spiro atoms. The summed E-state index contributed by atoms with van der Waals surface area (Å²) < 4.78 is -0.990. The molecule has 0 aromatic heterocycles. The molecule has 5 nitrogen and oxygen atoms in total. The molecular weight excluding hydrogens is 290 g/mol. The number of carbonyl (C=O) groups is 1. The molecule has 1 aliphatic rings. The number of aliphatic carboxylic acids is 1. The number of hydrogen-bond donors (Lipinski definition) is 1. The smallest absolute Gasteiger partial charge is 0.320 e. The molecule has 2 rings (SSSR count). The van der Waals surface area contributed by atoms with Gasteiger partial charge in [-0.1, -0.05) is 17.7 Å². The Labute approximate surface area is 119 Å². The van der Waals surface area contributed by atoms with Crippen molar-refractivity contribution < 1.29 is 14.8 Å². The van der Waals surface area contributed by atoms with Crippen molar-refractivity contribution >= 4 is 35.0 Å². The zero-order valence-electron chi connectivity index (χ0n) is 9.97. The van der Waals surface area contributed by atoms with Crippen LogP contribution in [0.4, 0.5) is 5.69 Å². The molecule has 1 aromatic carbocycles. The second kappa shape index (κ2) is 5.38. The quantitative estimate of drug-likeness (QED) is 0.682. The first-order valence-corrected chi connectivity index (χ1v) is 7.12. The standard InChI is InChI=1S/C12H12ClNO4S/c13-9-3-1-4-10(14(17)18)8(9)7-12(11(15)16)5-2-6-19-12/h1,3-4H,2,5-7H2,(H,15,16). The summed E-state index contributed by atoms with van der Waals surface area (Å²) in [5, 5.41) is 20.7. The Balaban J connectivity index is 2.42. The van der Waals surface area contributed by atoms with Crippen molar-refractivity contribution in [2.75, 3.05) is 5.75 Å². The highest BCUT2D eigenvalue weighted by molar-refractivity contribution is 8.01. The second-order valence-electron chi connectivity index (χ2n) is 4.42. The van der Waals surface area contributed by atoms with Crippen molar-refractivity contribution in [2.24, 2.45) is 0 Å². The van der Waals surface area contributed by atoms with Crippen LogP contribution >= 0.6 is 23.4 Å². The lowest BCUT2D eigenvalue weighted by Gasteiger charge is -2.23. The zero-order valence-corrected chi connectivity index (χ0v) is 11.5. The highest BCUT2D eigenvalue weighted by atomic mass is 35.5. The molecule has 0 amide bonds. The van der Waals surface area contributed by atoms with Crippen molar-refractivity contribution in [3.8, 4) is 0 Å². The lowest BCUT2D eigenvalue weighted by molar-refractivity contribution is -0.385. The minimum atomic E-state index is -0.990. The molecular formula is C12H12ClNO4S. The van der Waals surface area contributed by atoms with E-state index in [0.29, 0.717) is 12.0 Å². The third kappa shape index (κ3) is 2.69. The van der Waals surface area contributed by atoms with Crippen LogP contribution in [0.5, 0.6) is 0 Å². The number of rotatable bonds is 4. The van der Waals surface area contributed by atoms with Gasteiger partial charge < -0.3 is 5.11 Å². The lowest BCUT2D eigenvalue weighted by Crippen LogP contribution is -2.35. The number of nitro benzene ring substituents is 1. The van der Waals surface area contributed by atoms with Crippen LogP contribution in [-0.4, -0.2) is 26.5 Å². The average molecular weight is 302 g/mol. The summed E-state index contributed by atoms with van der Waals surface area (Å²) in [6, 6.07) is 4.41. The van der Waals surface area contributed by atoms with E-state index in [4.69, 9.17) is 11.6 Å². The molecule has 0 aliphatic carbocycles. The van der Waals surface area contributed by atoms with Crippen LogP contribution < -0.4 is 0 Å². The summed E-state index contributed by atoms with van der Waals surface area (Å²) in [6.07, 6.45) is 1.40. The topological polar surface area (TPSA) is 80.4 Å². The van der Waals surface area contributed by atoms with Crippen LogP contribution in [-0.2, 0) is 11.2 Å². The Morgan fingerprint density at radius 2 is 2.32 bits per heavy atom. The van der Waals surface area contributed by atoms with Crippen molar-refractivity contribution in [1.82, 2.24) is 0 Å². The van der Waals surface area contributed by atoms with Gasteiger partial charge in [0.15, 0.2) is 0 Å². The minimum Gasteiger partial charge on any atom is -0.480 e. The van der Waals surface area contributed by atoms with Gasteiger partial charge in [0, 0.05) is 12.5 Å². The molecule has 102 valence electrons. The Morgan fingerprint density at radius 1 is 1.58 bits per heavy atom. The molecule has 1 aromatic rings. The SMILES string of the molecule is O=C(O)C1(Cc2c(Cl)cccc2[N+](=O)[O-])CCCS1. The normalized spacial score (nSPS) is 22.4. The first-order valence-electron chi connectivity index (χ1n) is 5.75.